The molecule has 2 aliphatic rings. The van der Waals surface area contributed by atoms with Gasteiger partial charge in [-0.2, -0.15) is 0 Å². The standard InChI is InChI=1S/C27H35ClN6O3S/c1-5-34(4)27(37)17-6-11-20(30-24(35)16(2)29-19-9-7-18(28)8-10-19)22(14-17)31-25(36)26-32-21-12-13-33(3)15-23(21)38-26/h7-10,17,20,22,29H,2,5-6,11-15H2,1,3-4H3,(H,30,35)(H,31,36)/t17-,20-,22+/m0/s1. The molecule has 2 aromatic rings. The molecule has 38 heavy (non-hydrogen) atoms. The van der Waals surface area contributed by atoms with Crippen molar-refractivity contribution in [2.75, 3.05) is 32.5 Å². The third-order valence-electron chi connectivity index (χ3n) is 7.21. The molecule has 2 heterocycles. The summed E-state index contributed by atoms with van der Waals surface area (Å²) in [6, 6.07) is 6.19. The second-order valence-electron chi connectivity index (χ2n) is 10.0. The van der Waals surface area contributed by atoms with E-state index < -0.39 is 6.04 Å². The third-order valence-corrected chi connectivity index (χ3v) is 8.55. The second kappa shape index (κ2) is 12.3. The first kappa shape index (κ1) is 28.1. The van der Waals surface area contributed by atoms with Gasteiger partial charge in [0, 0.05) is 60.6 Å². The Kier molecular flexibility index (Phi) is 9.07. The normalized spacial score (nSPS) is 21.2. The number of likely N-dealkylation sites (N-methyl/N-ethyl adjacent to an activating group) is 1. The summed E-state index contributed by atoms with van der Waals surface area (Å²) in [6.45, 7) is 8.12. The number of fused-ring (bicyclic) bond motifs is 1. The summed E-state index contributed by atoms with van der Waals surface area (Å²) >= 11 is 7.36. The van der Waals surface area contributed by atoms with Crippen LogP contribution >= 0.6 is 22.9 Å². The average molecular weight is 559 g/mol. The van der Waals surface area contributed by atoms with Crippen LogP contribution < -0.4 is 16.0 Å². The minimum absolute atomic E-state index is 0.0538. The number of aromatic nitrogens is 1. The number of nitrogens with zero attached hydrogens (tertiary/aromatic N) is 3. The molecular weight excluding hydrogens is 524 g/mol. The summed E-state index contributed by atoms with van der Waals surface area (Å²) < 4.78 is 0. The molecule has 1 aromatic heterocycles. The highest BCUT2D eigenvalue weighted by molar-refractivity contribution is 7.13. The molecule has 0 bridgehead atoms. The number of hydrogen-bond donors (Lipinski definition) is 3. The SMILES string of the molecule is C=C(Nc1ccc(Cl)cc1)C(=O)N[C@H]1CC[C@H](C(=O)N(C)CC)C[C@H]1NC(=O)c1nc2c(s1)CN(C)CC2. The van der Waals surface area contributed by atoms with Crippen molar-refractivity contribution in [3.8, 4) is 0 Å². The number of amides is 3. The maximum absolute atomic E-state index is 13.3. The number of thiazole rings is 1. The zero-order valence-corrected chi connectivity index (χ0v) is 23.6. The van der Waals surface area contributed by atoms with Gasteiger partial charge in [-0.25, -0.2) is 4.98 Å². The first-order valence-corrected chi connectivity index (χ1v) is 14.1. The van der Waals surface area contributed by atoms with Crippen LogP contribution in [0.5, 0.6) is 0 Å². The van der Waals surface area contributed by atoms with Gasteiger partial charge in [0.2, 0.25) is 5.91 Å². The van der Waals surface area contributed by atoms with Gasteiger partial charge in [-0.15, -0.1) is 11.3 Å². The van der Waals surface area contributed by atoms with Crippen molar-refractivity contribution in [3.63, 3.8) is 0 Å². The zero-order valence-electron chi connectivity index (χ0n) is 22.1. The van der Waals surface area contributed by atoms with Crippen molar-refractivity contribution < 1.29 is 14.4 Å². The highest BCUT2D eigenvalue weighted by Crippen LogP contribution is 2.29. The van der Waals surface area contributed by atoms with Gasteiger partial charge in [0.1, 0.15) is 0 Å². The molecule has 0 radical (unpaired) electrons. The van der Waals surface area contributed by atoms with Crippen LogP contribution in [-0.4, -0.2) is 71.8 Å². The smallest absolute Gasteiger partial charge is 0.280 e. The fourth-order valence-electron chi connectivity index (χ4n) is 4.86. The van der Waals surface area contributed by atoms with E-state index in [1.807, 2.05) is 6.92 Å². The van der Waals surface area contributed by atoms with E-state index in [-0.39, 0.29) is 35.4 Å². The summed E-state index contributed by atoms with van der Waals surface area (Å²) in [6.07, 6.45) is 2.43. The average Bonchev–Trinajstić information content (AvgIpc) is 3.33. The fourth-order valence-corrected chi connectivity index (χ4v) is 6.08. The highest BCUT2D eigenvalue weighted by atomic mass is 35.5. The molecule has 9 nitrogen and oxygen atoms in total. The predicted molar refractivity (Wildman–Crippen MR) is 150 cm³/mol. The number of benzene rings is 1. The number of rotatable bonds is 8. The van der Waals surface area contributed by atoms with Crippen molar-refractivity contribution in [3.05, 3.63) is 57.1 Å². The van der Waals surface area contributed by atoms with Gasteiger partial charge in [0.25, 0.3) is 11.8 Å². The van der Waals surface area contributed by atoms with E-state index >= 15 is 0 Å². The van der Waals surface area contributed by atoms with E-state index in [9.17, 15) is 14.4 Å². The Hall–Kier alpha value is -2.95. The van der Waals surface area contributed by atoms with Crippen LogP contribution in [0.2, 0.25) is 5.02 Å². The lowest BCUT2D eigenvalue weighted by atomic mass is 9.81. The van der Waals surface area contributed by atoms with Crippen LogP contribution in [0, 0.1) is 5.92 Å². The molecule has 11 heteroatoms. The van der Waals surface area contributed by atoms with Gasteiger partial charge >= 0.3 is 0 Å². The minimum Gasteiger partial charge on any atom is -0.352 e. The summed E-state index contributed by atoms with van der Waals surface area (Å²) in [5.41, 5.74) is 1.85. The fraction of sp³-hybridized carbons (Fsp3) is 0.481. The molecule has 1 aromatic carbocycles. The number of halogens is 1. The first-order chi connectivity index (χ1) is 18.1. The maximum Gasteiger partial charge on any atom is 0.280 e. The maximum atomic E-state index is 13.3. The second-order valence-corrected chi connectivity index (χ2v) is 11.5. The quantitative estimate of drug-likeness (QED) is 0.429. The molecule has 0 unspecified atom stereocenters. The number of nitrogens with one attached hydrogen (secondary N) is 3. The van der Waals surface area contributed by atoms with E-state index in [1.165, 1.54) is 11.3 Å². The number of carbonyl (C=O) groups excluding carboxylic acids is 3. The van der Waals surface area contributed by atoms with Crippen molar-refractivity contribution in [1.82, 2.24) is 25.4 Å². The van der Waals surface area contributed by atoms with Crippen molar-refractivity contribution in [2.45, 2.75) is 51.2 Å². The third kappa shape index (κ3) is 6.73. The topological polar surface area (TPSA) is 107 Å². The molecule has 0 spiro atoms. The van der Waals surface area contributed by atoms with E-state index in [1.54, 1.807) is 36.2 Å². The van der Waals surface area contributed by atoms with E-state index in [0.717, 1.165) is 30.1 Å². The van der Waals surface area contributed by atoms with E-state index in [2.05, 4.69) is 39.5 Å². The molecule has 3 N–H and O–H groups in total. The Labute approximate surface area is 232 Å². The van der Waals surface area contributed by atoms with Crippen LogP contribution in [0.3, 0.4) is 0 Å². The number of anilines is 1. The van der Waals surface area contributed by atoms with E-state index in [4.69, 9.17) is 11.6 Å². The lowest BCUT2D eigenvalue weighted by molar-refractivity contribution is -0.135. The molecule has 1 aliphatic carbocycles. The predicted octanol–water partition coefficient (Wildman–Crippen LogP) is 3.27. The lowest BCUT2D eigenvalue weighted by Crippen LogP contribution is -2.56. The van der Waals surface area contributed by atoms with E-state index in [0.29, 0.717) is 41.5 Å². The van der Waals surface area contributed by atoms with Crippen LogP contribution in [0.25, 0.3) is 0 Å². The number of carbonyl (C=O) groups is 3. The molecule has 3 amide bonds. The Morgan fingerprint density at radius 3 is 2.63 bits per heavy atom. The molecule has 1 fully saturated rings. The largest absolute Gasteiger partial charge is 0.352 e. The molecular formula is C27H35ClN6O3S. The first-order valence-electron chi connectivity index (χ1n) is 12.9. The van der Waals surface area contributed by atoms with Gasteiger partial charge < -0.3 is 25.8 Å². The van der Waals surface area contributed by atoms with Gasteiger partial charge in [0.05, 0.1) is 17.4 Å². The molecule has 3 atom stereocenters. The van der Waals surface area contributed by atoms with Crippen LogP contribution in [0.1, 0.15) is 46.6 Å². The molecule has 0 saturated heterocycles. The van der Waals surface area contributed by atoms with Crippen molar-refractivity contribution in [1.29, 1.82) is 0 Å². The zero-order chi connectivity index (χ0) is 27.4. The molecule has 1 aliphatic heterocycles. The monoisotopic (exact) mass is 558 g/mol. The van der Waals surface area contributed by atoms with Gasteiger partial charge in [-0.05, 0) is 57.5 Å². The highest BCUT2D eigenvalue weighted by Gasteiger charge is 2.37. The Bertz CT molecular complexity index is 1200. The summed E-state index contributed by atoms with van der Waals surface area (Å²) in [7, 11) is 3.84. The summed E-state index contributed by atoms with van der Waals surface area (Å²) in [5.74, 6) is -0.816. The van der Waals surface area contributed by atoms with Crippen LogP contribution in [0.15, 0.2) is 36.5 Å². The van der Waals surface area contributed by atoms with Crippen molar-refractivity contribution >= 4 is 46.3 Å². The molecule has 1 saturated carbocycles. The van der Waals surface area contributed by atoms with Gasteiger partial charge in [-0.1, -0.05) is 18.2 Å². The van der Waals surface area contributed by atoms with Crippen molar-refractivity contribution in [2.24, 2.45) is 5.92 Å². The summed E-state index contributed by atoms with van der Waals surface area (Å²) in [5, 5.41) is 10.1. The lowest BCUT2D eigenvalue weighted by Gasteiger charge is -2.37. The Morgan fingerprint density at radius 1 is 1.18 bits per heavy atom. The Morgan fingerprint density at radius 2 is 1.92 bits per heavy atom. The Balaban J connectivity index is 1.46. The van der Waals surface area contributed by atoms with Crippen LogP contribution in [-0.2, 0) is 22.6 Å². The molecule has 4 rings (SSSR count). The minimum atomic E-state index is -0.425. The van der Waals surface area contributed by atoms with Gasteiger partial charge in [0.15, 0.2) is 5.01 Å². The summed E-state index contributed by atoms with van der Waals surface area (Å²) in [4.78, 5) is 48.9. The number of hydrogen-bond acceptors (Lipinski definition) is 7. The van der Waals surface area contributed by atoms with Gasteiger partial charge in [-0.3, -0.25) is 14.4 Å². The van der Waals surface area contributed by atoms with Crippen LogP contribution in [0.4, 0.5) is 5.69 Å². The molecule has 204 valence electrons.